The molecule has 1 aliphatic heterocycles. The summed E-state index contributed by atoms with van der Waals surface area (Å²) in [6.45, 7) is 3.19. The minimum absolute atomic E-state index is 0.167. The molecule has 1 fully saturated rings. The molecule has 25 heavy (non-hydrogen) atoms. The van der Waals surface area contributed by atoms with E-state index in [-0.39, 0.29) is 12.1 Å². The van der Waals surface area contributed by atoms with Crippen LogP contribution in [0, 0.1) is 0 Å². The maximum Gasteiger partial charge on any atom is 0.315 e. The Kier molecular flexibility index (Phi) is 6.31. The van der Waals surface area contributed by atoms with Crippen molar-refractivity contribution in [3.63, 3.8) is 0 Å². The molecule has 1 atom stereocenters. The Morgan fingerprint density at radius 2 is 1.68 bits per heavy atom. The lowest BCUT2D eigenvalue weighted by molar-refractivity contribution is 0.220. The Hall–Kier alpha value is -2.04. The maximum atomic E-state index is 12.2. The third-order valence-corrected chi connectivity index (χ3v) is 4.99. The van der Waals surface area contributed by atoms with Crippen molar-refractivity contribution in [2.24, 2.45) is 0 Å². The molecule has 2 amide bonds. The highest BCUT2D eigenvalue weighted by molar-refractivity contribution is 6.31. The summed E-state index contributed by atoms with van der Waals surface area (Å²) in [5.74, 6) is 0. The van der Waals surface area contributed by atoms with Crippen LogP contribution in [0.1, 0.15) is 30.0 Å². The lowest BCUT2D eigenvalue weighted by Gasteiger charge is -2.28. The van der Waals surface area contributed by atoms with Gasteiger partial charge in [-0.25, -0.2) is 4.79 Å². The van der Waals surface area contributed by atoms with Gasteiger partial charge in [-0.3, -0.25) is 4.90 Å². The summed E-state index contributed by atoms with van der Waals surface area (Å²) >= 11 is 6.12. The van der Waals surface area contributed by atoms with E-state index in [1.165, 1.54) is 18.4 Å². The number of urea groups is 1. The molecule has 4 nitrogen and oxygen atoms in total. The molecule has 1 heterocycles. The van der Waals surface area contributed by atoms with Gasteiger partial charge in [-0.1, -0.05) is 60.1 Å². The van der Waals surface area contributed by atoms with E-state index in [4.69, 9.17) is 11.6 Å². The molecule has 5 heteroatoms. The summed E-state index contributed by atoms with van der Waals surface area (Å²) in [6, 6.07) is 18.0. The minimum atomic E-state index is -0.167. The molecule has 0 aliphatic carbocycles. The zero-order valence-corrected chi connectivity index (χ0v) is 15.0. The number of hydrogen-bond donors (Lipinski definition) is 2. The molecule has 0 radical (unpaired) electrons. The first-order chi connectivity index (χ1) is 12.2. The van der Waals surface area contributed by atoms with Crippen LogP contribution in [0.3, 0.4) is 0 Å². The summed E-state index contributed by atoms with van der Waals surface area (Å²) in [4.78, 5) is 14.6. The predicted octanol–water partition coefficient (Wildman–Crippen LogP) is 3.98. The highest BCUT2D eigenvalue weighted by Crippen LogP contribution is 2.24. The number of amides is 2. The van der Waals surface area contributed by atoms with E-state index >= 15 is 0 Å². The smallest absolute Gasteiger partial charge is 0.315 e. The Labute approximate surface area is 154 Å². The molecule has 0 aromatic heterocycles. The molecule has 3 rings (SSSR count). The Morgan fingerprint density at radius 1 is 1.00 bits per heavy atom. The quantitative estimate of drug-likeness (QED) is 0.821. The van der Waals surface area contributed by atoms with Gasteiger partial charge in [0.05, 0.1) is 6.04 Å². The number of carbonyl (C=O) groups is 1. The molecule has 132 valence electrons. The lowest BCUT2D eigenvalue weighted by Crippen LogP contribution is -2.41. The van der Waals surface area contributed by atoms with E-state index < -0.39 is 0 Å². The van der Waals surface area contributed by atoms with Gasteiger partial charge in [-0.05, 0) is 43.1 Å². The fourth-order valence-electron chi connectivity index (χ4n) is 3.26. The fraction of sp³-hybridized carbons (Fsp3) is 0.350. The van der Waals surface area contributed by atoms with E-state index in [2.05, 4.69) is 39.8 Å². The summed E-state index contributed by atoms with van der Waals surface area (Å²) in [5, 5.41) is 6.57. The number of benzene rings is 2. The van der Waals surface area contributed by atoms with Gasteiger partial charge in [0, 0.05) is 18.1 Å². The van der Waals surface area contributed by atoms with Gasteiger partial charge in [-0.15, -0.1) is 0 Å². The molecule has 2 N–H and O–H groups in total. The van der Waals surface area contributed by atoms with Crippen molar-refractivity contribution >= 4 is 17.6 Å². The number of rotatable bonds is 6. The number of likely N-dealkylation sites (tertiary alicyclic amines) is 1. The first kappa shape index (κ1) is 17.8. The minimum Gasteiger partial charge on any atom is -0.336 e. The zero-order valence-electron chi connectivity index (χ0n) is 14.2. The van der Waals surface area contributed by atoms with Gasteiger partial charge < -0.3 is 10.6 Å². The van der Waals surface area contributed by atoms with Crippen molar-refractivity contribution in [3.8, 4) is 0 Å². The standard InChI is InChI=1S/C20H24ClN3O/c21-18-11-5-4-10-17(18)14-22-20(25)23-15-19(24-12-6-7-13-24)16-8-2-1-3-9-16/h1-5,8-11,19H,6-7,12-15H2,(H2,22,23,25). The molecule has 2 aromatic carbocycles. The lowest BCUT2D eigenvalue weighted by atomic mass is 10.1. The highest BCUT2D eigenvalue weighted by atomic mass is 35.5. The molecular formula is C20H24ClN3O. The number of nitrogens with one attached hydrogen (secondary N) is 2. The Morgan fingerprint density at radius 3 is 2.40 bits per heavy atom. The molecule has 1 saturated heterocycles. The van der Waals surface area contributed by atoms with Crippen LogP contribution in [0.4, 0.5) is 4.79 Å². The average Bonchev–Trinajstić information content (AvgIpc) is 3.16. The van der Waals surface area contributed by atoms with Crippen LogP contribution < -0.4 is 10.6 Å². The van der Waals surface area contributed by atoms with Crippen LogP contribution in [0.5, 0.6) is 0 Å². The number of nitrogens with zero attached hydrogens (tertiary/aromatic N) is 1. The summed E-state index contributed by atoms with van der Waals surface area (Å²) in [7, 11) is 0. The molecule has 0 spiro atoms. The van der Waals surface area contributed by atoms with Gasteiger partial charge in [0.2, 0.25) is 0 Å². The van der Waals surface area contributed by atoms with Crippen LogP contribution in [0.15, 0.2) is 54.6 Å². The molecule has 2 aromatic rings. The SMILES string of the molecule is O=C(NCc1ccccc1Cl)NCC(c1ccccc1)N1CCCC1. The maximum absolute atomic E-state index is 12.2. The van der Waals surface area contributed by atoms with Crippen molar-refractivity contribution < 1.29 is 4.79 Å². The second kappa shape index (κ2) is 8.88. The van der Waals surface area contributed by atoms with Crippen molar-refractivity contribution in [2.75, 3.05) is 19.6 Å². The molecule has 1 unspecified atom stereocenters. The van der Waals surface area contributed by atoms with Gasteiger partial charge in [0.15, 0.2) is 0 Å². The van der Waals surface area contributed by atoms with E-state index in [9.17, 15) is 4.79 Å². The van der Waals surface area contributed by atoms with Crippen molar-refractivity contribution in [3.05, 3.63) is 70.7 Å². The second-order valence-corrected chi connectivity index (χ2v) is 6.73. The fourth-order valence-corrected chi connectivity index (χ4v) is 3.46. The first-order valence-corrected chi connectivity index (χ1v) is 9.16. The van der Waals surface area contributed by atoms with Crippen molar-refractivity contribution in [1.82, 2.24) is 15.5 Å². The van der Waals surface area contributed by atoms with Crippen molar-refractivity contribution in [1.29, 1.82) is 0 Å². The number of halogens is 1. The molecular weight excluding hydrogens is 334 g/mol. The van der Waals surface area contributed by atoms with E-state index in [1.54, 1.807) is 0 Å². The second-order valence-electron chi connectivity index (χ2n) is 6.32. The summed E-state index contributed by atoms with van der Waals surface area (Å²) in [6.07, 6.45) is 2.45. The number of hydrogen-bond acceptors (Lipinski definition) is 2. The average molecular weight is 358 g/mol. The van der Waals surface area contributed by atoms with Gasteiger partial charge in [-0.2, -0.15) is 0 Å². The third kappa shape index (κ3) is 4.97. The monoisotopic (exact) mass is 357 g/mol. The predicted molar refractivity (Wildman–Crippen MR) is 102 cm³/mol. The third-order valence-electron chi connectivity index (χ3n) is 4.62. The van der Waals surface area contributed by atoms with Crippen LogP contribution in [0.2, 0.25) is 5.02 Å². The highest BCUT2D eigenvalue weighted by Gasteiger charge is 2.23. The van der Waals surface area contributed by atoms with Crippen LogP contribution in [0.25, 0.3) is 0 Å². The molecule has 0 saturated carbocycles. The summed E-state index contributed by atoms with van der Waals surface area (Å²) < 4.78 is 0. The topological polar surface area (TPSA) is 44.4 Å². The largest absolute Gasteiger partial charge is 0.336 e. The van der Waals surface area contributed by atoms with Crippen LogP contribution in [-0.4, -0.2) is 30.6 Å². The number of carbonyl (C=O) groups excluding carboxylic acids is 1. The van der Waals surface area contributed by atoms with E-state index in [0.717, 1.165) is 18.7 Å². The molecule has 0 bridgehead atoms. The van der Waals surface area contributed by atoms with Crippen LogP contribution >= 0.6 is 11.6 Å². The molecule has 1 aliphatic rings. The Bertz CT molecular complexity index is 686. The first-order valence-electron chi connectivity index (χ1n) is 8.78. The van der Waals surface area contributed by atoms with Gasteiger partial charge >= 0.3 is 6.03 Å². The normalized spacial score (nSPS) is 15.7. The van der Waals surface area contributed by atoms with E-state index in [0.29, 0.717) is 18.1 Å². The Balaban J connectivity index is 1.55. The summed E-state index contributed by atoms with van der Waals surface area (Å²) in [5.41, 5.74) is 2.16. The van der Waals surface area contributed by atoms with E-state index in [1.807, 2.05) is 30.3 Å². The van der Waals surface area contributed by atoms with Gasteiger partial charge in [0.1, 0.15) is 0 Å². The zero-order chi connectivity index (χ0) is 17.5. The van der Waals surface area contributed by atoms with Gasteiger partial charge in [0.25, 0.3) is 0 Å². The van der Waals surface area contributed by atoms with Crippen molar-refractivity contribution in [2.45, 2.75) is 25.4 Å². The van der Waals surface area contributed by atoms with Crippen LogP contribution in [-0.2, 0) is 6.54 Å².